The number of fused-ring (bicyclic) bond motifs is 1. The minimum Gasteiger partial charge on any atom is -0.505 e. The fourth-order valence-electron chi connectivity index (χ4n) is 7.11. The van der Waals surface area contributed by atoms with Crippen molar-refractivity contribution in [3.05, 3.63) is 70.8 Å². The van der Waals surface area contributed by atoms with Gasteiger partial charge in [-0.05, 0) is 85.6 Å². The van der Waals surface area contributed by atoms with E-state index in [1.54, 1.807) is 24.4 Å². The van der Waals surface area contributed by atoms with E-state index in [9.17, 15) is 29.3 Å². The molecular weight excluding hydrogens is 523 g/mol. The van der Waals surface area contributed by atoms with Gasteiger partial charge >= 0.3 is 0 Å². The van der Waals surface area contributed by atoms with Gasteiger partial charge in [0.1, 0.15) is 0 Å². The summed E-state index contributed by atoms with van der Waals surface area (Å²) in [7, 11) is 0. The van der Waals surface area contributed by atoms with Crippen molar-refractivity contribution in [2.24, 2.45) is 17.8 Å². The van der Waals surface area contributed by atoms with Crippen LogP contribution in [-0.2, 0) is 9.59 Å². The first-order valence-electron chi connectivity index (χ1n) is 14.8. The monoisotopic (exact) mass is 562 g/mol. The summed E-state index contributed by atoms with van der Waals surface area (Å²) in [5.41, 5.74) is 3.63. The summed E-state index contributed by atoms with van der Waals surface area (Å²) < 4.78 is 14.0. The van der Waals surface area contributed by atoms with Gasteiger partial charge in [0.25, 0.3) is 0 Å². The largest absolute Gasteiger partial charge is 0.505 e. The third kappa shape index (κ3) is 5.86. The number of phenols is 1. The first-order valence-corrected chi connectivity index (χ1v) is 14.8. The molecule has 0 unspecified atom stereocenters. The van der Waals surface area contributed by atoms with Crippen LogP contribution in [0.4, 0.5) is 4.39 Å². The Labute approximate surface area is 240 Å². The van der Waals surface area contributed by atoms with E-state index in [0.717, 1.165) is 43.3 Å². The van der Waals surface area contributed by atoms with Crippen LogP contribution in [0.3, 0.4) is 0 Å². The summed E-state index contributed by atoms with van der Waals surface area (Å²) in [6, 6.07) is 9.58. The molecule has 7 nitrogen and oxygen atoms in total. The minimum absolute atomic E-state index is 0.0667. The van der Waals surface area contributed by atoms with E-state index in [-0.39, 0.29) is 24.5 Å². The molecule has 1 aliphatic heterocycles. The SMILES string of the molecule is CCC1=C([C@H](O)CC/C(=C/c2ccc(O)c(F)c2)c2ccccn2)[C@H](CO)[C@@H]2C(=O)N(C3CCCCC3)C(=O)[C@@H]2C1. The number of imide groups is 1. The first-order chi connectivity index (χ1) is 19.8. The molecule has 0 radical (unpaired) electrons. The quantitative estimate of drug-likeness (QED) is 0.284. The zero-order valence-corrected chi connectivity index (χ0v) is 23.5. The molecule has 2 amide bonds. The molecule has 2 aliphatic carbocycles. The second-order valence-corrected chi connectivity index (χ2v) is 11.5. The number of carbonyl (C=O) groups is 2. The van der Waals surface area contributed by atoms with Gasteiger partial charge in [-0.3, -0.25) is 19.5 Å². The molecule has 3 N–H and O–H groups in total. The number of phenolic OH excluding ortho intramolecular Hbond substituents is 1. The molecule has 4 atom stereocenters. The standard InChI is InChI=1S/C33H39FN2O5/c1-2-21-18-24-31(33(41)36(32(24)40)23-8-4-3-5-9-23)25(19-37)30(21)29(39)14-12-22(27-10-6-7-15-35-27)16-20-11-13-28(38)26(34)17-20/h6-7,10-11,13,15-17,23-25,29,31,37-39H,2-5,8-9,12,14,18-19H2,1H3/b22-16-/t24-,25+,29-,31-/m1/s1. The lowest BCUT2D eigenvalue weighted by atomic mass is 9.67. The van der Waals surface area contributed by atoms with E-state index in [2.05, 4.69) is 4.98 Å². The van der Waals surface area contributed by atoms with E-state index in [1.807, 2.05) is 19.1 Å². The van der Waals surface area contributed by atoms with Crippen LogP contribution in [0.15, 0.2) is 53.7 Å². The average molecular weight is 563 g/mol. The number of amides is 2. The summed E-state index contributed by atoms with van der Waals surface area (Å²) in [5, 5.41) is 31.7. The van der Waals surface area contributed by atoms with Crippen LogP contribution in [-0.4, -0.2) is 55.8 Å². The maximum Gasteiger partial charge on any atom is 0.234 e. The highest BCUT2D eigenvalue weighted by molar-refractivity contribution is 6.06. The number of allylic oxidation sites excluding steroid dienone is 2. The lowest BCUT2D eigenvalue weighted by molar-refractivity contribution is -0.143. The second kappa shape index (κ2) is 12.7. The maximum atomic E-state index is 14.0. The number of carbonyl (C=O) groups excluding carboxylic acids is 2. The molecule has 2 aromatic rings. The molecule has 1 aromatic carbocycles. The Kier molecular flexibility index (Phi) is 9.00. The Bertz CT molecular complexity index is 1330. The number of nitrogens with zero attached hydrogens (tertiary/aromatic N) is 2. The number of aromatic nitrogens is 1. The predicted octanol–water partition coefficient (Wildman–Crippen LogP) is 5.26. The van der Waals surface area contributed by atoms with Crippen molar-refractivity contribution in [2.75, 3.05) is 6.61 Å². The van der Waals surface area contributed by atoms with Gasteiger partial charge in [-0.25, -0.2) is 4.39 Å². The number of benzene rings is 1. The Morgan fingerprint density at radius 3 is 2.59 bits per heavy atom. The van der Waals surface area contributed by atoms with Crippen LogP contribution in [0, 0.1) is 23.6 Å². The molecule has 1 saturated heterocycles. The zero-order chi connectivity index (χ0) is 29.1. The molecule has 41 heavy (non-hydrogen) atoms. The number of hydrogen-bond acceptors (Lipinski definition) is 6. The fraction of sp³-hybridized carbons (Fsp3) is 0.485. The highest BCUT2D eigenvalue weighted by atomic mass is 19.1. The topological polar surface area (TPSA) is 111 Å². The Morgan fingerprint density at radius 1 is 1.15 bits per heavy atom. The van der Waals surface area contributed by atoms with Gasteiger partial charge in [0.2, 0.25) is 11.8 Å². The molecule has 1 saturated carbocycles. The molecule has 0 bridgehead atoms. The smallest absolute Gasteiger partial charge is 0.234 e. The molecule has 218 valence electrons. The van der Waals surface area contributed by atoms with Gasteiger partial charge in [0, 0.05) is 18.2 Å². The summed E-state index contributed by atoms with van der Waals surface area (Å²) in [6.45, 7) is 1.67. The summed E-state index contributed by atoms with van der Waals surface area (Å²) in [5.74, 6) is -3.22. The molecular formula is C33H39FN2O5. The molecule has 1 aromatic heterocycles. The summed E-state index contributed by atoms with van der Waals surface area (Å²) >= 11 is 0. The van der Waals surface area contributed by atoms with E-state index in [1.165, 1.54) is 17.0 Å². The Morgan fingerprint density at radius 2 is 1.93 bits per heavy atom. The van der Waals surface area contributed by atoms with Crippen molar-refractivity contribution in [3.8, 4) is 5.75 Å². The lowest BCUT2D eigenvalue weighted by Crippen LogP contribution is -2.42. The average Bonchev–Trinajstić information content (AvgIpc) is 3.25. The van der Waals surface area contributed by atoms with Crippen molar-refractivity contribution in [1.82, 2.24) is 9.88 Å². The number of halogens is 1. The van der Waals surface area contributed by atoms with Gasteiger partial charge in [-0.2, -0.15) is 0 Å². The highest BCUT2D eigenvalue weighted by Gasteiger charge is 2.56. The molecule has 3 aliphatic rings. The third-order valence-corrected chi connectivity index (χ3v) is 9.13. The first kappa shape index (κ1) is 29.1. The molecule has 2 heterocycles. The fourth-order valence-corrected chi connectivity index (χ4v) is 7.11. The number of likely N-dealkylation sites (tertiary alicyclic amines) is 1. The lowest BCUT2D eigenvalue weighted by Gasteiger charge is -2.36. The summed E-state index contributed by atoms with van der Waals surface area (Å²) in [6.07, 6.45) is 9.05. The Balaban J connectivity index is 1.40. The van der Waals surface area contributed by atoms with Crippen molar-refractivity contribution in [1.29, 1.82) is 0 Å². The van der Waals surface area contributed by atoms with Crippen molar-refractivity contribution in [2.45, 2.75) is 76.9 Å². The van der Waals surface area contributed by atoms with Gasteiger partial charge < -0.3 is 15.3 Å². The number of aliphatic hydroxyl groups excluding tert-OH is 2. The molecule has 5 rings (SSSR count). The van der Waals surface area contributed by atoms with Crippen LogP contribution in [0.1, 0.15) is 76.0 Å². The van der Waals surface area contributed by atoms with Crippen molar-refractivity contribution < 1.29 is 29.3 Å². The third-order valence-electron chi connectivity index (χ3n) is 9.13. The van der Waals surface area contributed by atoms with E-state index < -0.39 is 35.4 Å². The van der Waals surface area contributed by atoms with E-state index >= 15 is 0 Å². The van der Waals surface area contributed by atoms with Crippen molar-refractivity contribution in [3.63, 3.8) is 0 Å². The number of rotatable bonds is 9. The molecule has 0 spiro atoms. The van der Waals surface area contributed by atoms with Gasteiger partial charge in [0.05, 0.1) is 30.2 Å². The number of hydrogen-bond donors (Lipinski definition) is 3. The molecule has 8 heteroatoms. The number of aromatic hydroxyl groups is 1. The van der Waals surface area contributed by atoms with Crippen LogP contribution >= 0.6 is 0 Å². The zero-order valence-electron chi connectivity index (χ0n) is 23.5. The summed E-state index contributed by atoms with van der Waals surface area (Å²) in [4.78, 5) is 33.2. The van der Waals surface area contributed by atoms with E-state index in [4.69, 9.17) is 0 Å². The van der Waals surface area contributed by atoms with Gasteiger partial charge in [-0.1, -0.05) is 43.9 Å². The van der Waals surface area contributed by atoms with Gasteiger partial charge in [-0.15, -0.1) is 0 Å². The van der Waals surface area contributed by atoms with E-state index in [0.29, 0.717) is 42.5 Å². The number of pyridine rings is 1. The van der Waals surface area contributed by atoms with Crippen LogP contribution < -0.4 is 0 Å². The molecule has 2 fully saturated rings. The predicted molar refractivity (Wildman–Crippen MR) is 154 cm³/mol. The van der Waals surface area contributed by atoms with Crippen LogP contribution in [0.5, 0.6) is 5.75 Å². The normalized spacial score (nSPS) is 24.6. The minimum atomic E-state index is -0.932. The van der Waals surface area contributed by atoms with Gasteiger partial charge in [0.15, 0.2) is 11.6 Å². The number of aliphatic hydroxyl groups is 2. The van der Waals surface area contributed by atoms with Crippen LogP contribution in [0.2, 0.25) is 0 Å². The van der Waals surface area contributed by atoms with Crippen LogP contribution in [0.25, 0.3) is 11.6 Å². The Hall–Kier alpha value is -3.36. The second-order valence-electron chi connectivity index (χ2n) is 11.5. The van der Waals surface area contributed by atoms with Crippen molar-refractivity contribution >= 4 is 23.5 Å². The maximum absolute atomic E-state index is 14.0. The highest BCUT2D eigenvalue weighted by Crippen LogP contribution is 2.48.